The third-order valence-electron chi connectivity index (χ3n) is 4.89. The van der Waals surface area contributed by atoms with Gasteiger partial charge in [0.25, 0.3) is 5.91 Å². The van der Waals surface area contributed by atoms with Crippen molar-refractivity contribution in [3.8, 4) is 0 Å². The Kier molecular flexibility index (Phi) is 4.57. The molecule has 3 rings (SSSR count). The monoisotopic (exact) mass is 341 g/mol. The highest BCUT2D eigenvalue weighted by molar-refractivity contribution is 5.94. The van der Waals surface area contributed by atoms with Gasteiger partial charge in [0.1, 0.15) is 17.7 Å². The number of hydrogen-bond acceptors (Lipinski definition) is 5. The highest BCUT2D eigenvalue weighted by Gasteiger charge is 2.25. The molecule has 0 atom stereocenters. The lowest BCUT2D eigenvalue weighted by Gasteiger charge is -2.36. The number of carbonyl (C=O) groups excluding carboxylic acids is 1. The number of rotatable bonds is 2. The number of carbonyl (C=O) groups is 1. The average Bonchev–Trinajstić information content (AvgIpc) is 2.60. The van der Waals surface area contributed by atoms with Gasteiger partial charge < -0.3 is 14.4 Å². The number of pyridine rings is 1. The molecule has 0 aliphatic carbocycles. The van der Waals surface area contributed by atoms with Gasteiger partial charge in [-0.3, -0.25) is 9.59 Å². The van der Waals surface area contributed by atoms with E-state index >= 15 is 0 Å². The summed E-state index contributed by atoms with van der Waals surface area (Å²) in [4.78, 5) is 37.4. The minimum Gasteiger partial charge on any atom is -0.354 e. The van der Waals surface area contributed by atoms with Crippen LogP contribution in [0.25, 0.3) is 0 Å². The van der Waals surface area contributed by atoms with Gasteiger partial charge in [0.2, 0.25) is 0 Å². The summed E-state index contributed by atoms with van der Waals surface area (Å²) in [5.41, 5.74) is 2.88. The summed E-state index contributed by atoms with van der Waals surface area (Å²) >= 11 is 0. The molecule has 0 N–H and O–H groups in total. The number of aryl methyl sites for hydroxylation is 3. The van der Waals surface area contributed by atoms with Gasteiger partial charge >= 0.3 is 0 Å². The number of anilines is 1. The van der Waals surface area contributed by atoms with Gasteiger partial charge in [-0.2, -0.15) is 0 Å². The Balaban J connectivity index is 1.74. The highest BCUT2D eigenvalue weighted by atomic mass is 16.2. The molecule has 2 aromatic heterocycles. The lowest BCUT2D eigenvalue weighted by molar-refractivity contribution is 0.0744. The van der Waals surface area contributed by atoms with E-state index in [9.17, 15) is 9.59 Å². The summed E-state index contributed by atoms with van der Waals surface area (Å²) in [6, 6.07) is 1.51. The molecule has 0 aromatic carbocycles. The van der Waals surface area contributed by atoms with Gasteiger partial charge in [-0.25, -0.2) is 9.97 Å². The van der Waals surface area contributed by atoms with Crippen LogP contribution < -0.4 is 10.3 Å². The zero-order chi connectivity index (χ0) is 18.1. The smallest absolute Gasteiger partial charge is 0.259 e. The second kappa shape index (κ2) is 6.66. The van der Waals surface area contributed by atoms with Crippen molar-refractivity contribution in [3.63, 3.8) is 0 Å². The van der Waals surface area contributed by atoms with Gasteiger partial charge in [0.05, 0.1) is 0 Å². The van der Waals surface area contributed by atoms with E-state index < -0.39 is 0 Å². The second-order valence-electron chi connectivity index (χ2n) is 6.49. The zero-order valence-corrected chi connectivity index (χ0v) is 15.1. The van der Waals surface area contributed by atoms with Gasteiger partial charge in [-0.15, -0.1) is 0 Å². The Hall–Kier alpha value is -2.70. The van der Waals surface area contributed by atoms with Crippen molar-refractivity contribution in [1.29, 1.82) is 0 Å². The summed E-state index contributed by atoms with van der Waals surface area (Å²) in [6.07, 6.45) is 3.20. The van der Waals surface area contributed by atoms with Crippen LogP contribution in [0.5, 0.6) is 0 Å². The molecule has 0 saturated carbocycles. The van der Waals surface area contributed by atoms with Crippen LogP contribution in [0.3, 0.4) is 0 Å². The maximum Gasteiger partial charge on any atom is 0.259 e. The Morgan fingerprint density at radius 2 is 1.76 bits per heavy atom. The summed E-state index contributed by atoms with van der Waals surface area (Å²) in [6.45, 7) is 8.34. The number of hydrogen-bond donors (Lipinski definition) is 0. The predicted molar refractivity (Wildman–Crippen MR) is 96.0 cm³/mol. The van der Waals surface area contributed by atoms with E-state index in [2.05, 4.69) is 14.9 Å². The fourth-order valence-corrected chi connectivity index (χ4v) is 3.03. The van der Waals surface area contributed by atoms with Crippen LogP contribution in [-0.2, 0) is 7.05 Å². The standard InChI is InChI=1S/C18H23N5O2/c1-12-9-16(24)15(10-21(12)4)18(25)23-7-5-22(6-8-23)17-13(2)14(3)19-11-20-17/h9-11H,5-8H2,1-4H3. The van der Waals surface area contributed by atoms with E-state index in [-0.39, 0.29) is 16.9 Å². The average molecular weight is 341 g/mol. The van der Waals surface area contributed by atoms with E-state index in [4.69, 9.17) is 0 Å². The zero-order valence-electron chi connectivity index (χ0n) is 15.1. The molecule has 7 nitrogen and oxygen atoms in total. The Morgan fingerprint density at radius 1 is 1.08 bits per heavy atom. The van der Waals surface area contributed by atoms with Crippen LogP contribution in [0.2, 0.25) is 0 Å². The van der Waals surface area contributed by atoms with E-state index in [0.29, 0.717) is 26.2 Å². The van der Waals surface area contributed by atoms with Crippen LogP contribution >= 0.6 is 0 Å². The van der Waals surface area contributed by atoms with Gasteiger partial charge in [0.15, 0.2) is 5.43 Å². The number of aromatic nitrogens is 3. The molecular weight excluding hydrogens is 318 g/mol. The van der Waals surface area contributed by atoms with Crippen molar-refractivity contribution in [2.75, 3.05) is 31.1 Å². The molecule has 1 amide bonds. The fraction of sp³-hybridized carbons (Fsp3) is 0.444. The number of piperazine rings is 1. The molecule has 1 aliphatic rings. The van der Waals surface area contributed by atoms with Crippen LogP contribution in [0.15, 0.2) is 23.4 Å². The molecule has 25 heavy (non-hydrogen) atoms. The SMILES string of the molecule is Cc1ncnc(N2CCN(C(=O)c3cn(C)c(C)cc3=O)CC2)c1C. The lowest BCUT2D eigenvalue weighted by Crippen LogP contribution is -2.50. The summed E-state index contributed by atoms with van der Waals surface area (Å²) in [7, 11) is 1.84. The molecular formula is C18H23N5O2. The minimum absolute atomic E-state index is 0.198. The molecule has 0 spiro atoms. The normalized spacial score (nSPS) is 14.7. The maximum absolute atomic E-state index is 12.7. The molecule has 1 aliphatic heterocycles. The van der Waals surface area contributed by atoms with E-state index in [0.717, 1.165) is 22.8 Å². The topological polar surface area (TPSA) is 71.3 Å². The van der Waals surface area contributed by atoms with Crippen molar-refractivity contribution in [2.24, 2.45) is 7.05 Å². The first kappa shape index (κ1) is 17.1. The molecule has 7 heteroatoms. The minimum atomic E-state index is -0.217. The third kappa shape index (κ3) is 3.26. The van der Waals surface area contributed by atoms with Crippen molar-refractivity contribution in [2.45, 2.75) is 20.8 Å². The third-order valence-corrected chi connectivity index (χ3v) is 4.89. The van der Waals surface area contributed by atoms with Crippen LogP contribution in [-0.4, -0.2) is 51.5 Å². The largest absolute Gasteiger partial charge is 0.354 e. The van der Waals surface area contributed by atoms with Gasteiger partial charge in [-0.1, -0.05) is 0 Å². The Bertz CT molecular complexity index is 866. The Morgan fingerprint density at radius 3 is 2.44 bits per heavy atom. The number of amides is 1. The molecule has 0 radical (unpaired) electrons. The maximum atomic E-state index is 12.7. The van der Waals surface area contributed by atoms with Gasteiger partial charge in [0, 0.05) is 62.4 Å². The first-order chi connectivity index (χ1) is 11.9. The molecule has 132 valence electrons. The van der Waals surface area contributed by atoms with Crippen LogP contribution in [0.4, 0.5) is 5.82 Å². The number of nitrogens with zero attached hydrogens (tertiary/aromatic N) is 5. The van der Waals surface area contributed by atoms with E-state index in [1.807, 2.05) is 27.8 Å². The first-order valence-electron chi connectivity index (χ1n) is 8.38. The summed E-state index contributed by atoms with van der Waals surface area (Å²) < 4.78 is 1.80. The Labute approximate surface area is 146 Å². The van der Waals surface area contributed by atoms with Crippen molar-refractivity contribution < 1.29 is 4.79 Å². The molecule has 2 aromatic rings. The molecule has 3 heterocycles. The molecule has 0 unspecified atom stereocenters. The van der Waals surface area contributed by atoms with Crippen LogP contribution in [0, 0.1) is 20.8 Å². The first-order valence-corrected chi connectivity index (χ1v) is 8.38. The van der Waals surface area contributed by atoms with Crippen molar-refractivity contribution in [3.05, 3.63) is 51.3 Å². The fourth-order valence-electron chi connectivity index (χ4n) is 3.03. The van der Waals surface area contributed by atoms with E-state index in [1.54, 1.807) is 22.0 Å². The predicted octanol–water partition coefficient (Wildman–Crippen LogP) is 1.06. The van der Waals surface area contributed by atoms with E-state index in [1.165, 1.54) is 6.07 Å². The summed E-state index contributed by atoms with van der Waals surface area (Å²) in [5, 5.41) is 0. The van der Waals surface area contributed by atoms with Crippen molar-refractivity contribution in [1.82, 2.24) is 19.4 Å². The molecule has 1 saturated heterocycles. The highest BCUT2D eigenvalue weighted by Crippen LogP contribution is 2.20. The van der Waals surface area contributed by atoms with Gasteiger partial charge in [-0.05, 0) is 20.8 Å². The van der Waals surface area contributed by atoms with Crippen molar-refractivity contribution >= 4 is 11.7 Å². The molecule has 1 fully saturated rings. The quantitative estimate of drug-likeness (QED) is 0.817. The lowest BCUT2D eigenvalue weighted by atomic mass is 10.2. The van der Waals surface area contributed by atoms with Crippen LogP contribution in [0.1, 0.15) is 27.3 Å². The summed E-state index contributed by atoms with van der Waals surface area (Å²) in [5.74, 6) is 0.724. The molecule has 0 bridgehead atoms. The second-order valence-corrected chi connectivity index (χ2v) is 6.49.